The maximum absolute atomic E-state index is 12.7. The van der Waals surface area contributed by atoms with Gasteiger partial charge in [-0.05, 0) is 24.6 Å². The molecule has 1 aliphatic rings. The molecule has 2 aromatic carbocycles. The van der Waals surface area contributed by atoms with E-state index in [0.29, 0.717) is 17.7 Å². The highest BCUT2D eigenvalue weighted by molar-refractivity contribution is 6.46. The minimum atomic E-state index is -0.910. The van der Waals surface area contributed by atoms with Crippen molar-refractivity contribution >= 4 is 17.4 Å². The van der Waals surface area contributed by atoms with Gasteiger partial charge in [-0.2, -0.15) is 0 Å². The molecule has 28 heavy (non-hydrogen) atoms. The zero-order valence-corrected chi connectivity index (χ0v) is 15.3. The Labute approximate surface area is 162 Å². The summed E-state index contributed by atoms with van der Waals surface area (Å²) in [5, 5.41) is 30.1. The van der Waals surface area contributed by atoms with Gasteiger partial charge in [-0.3, -0.25) is 9.59 Å². The number of aliphatic hydroxyl groups is 2. The Kier molecular flexibility index (Phi) is 5.65. The standard InChI is InChI=1S/C21H21NO6/c1-2-28-16-12-14(8-9-15(16)24)18-17(19(25)13-6-4-3-5-7-13)20(26)21(27)22(18)10-11-23/h3-9,12,18,23-25H,2,10-11H2,1H3. The van der Waals surface area contributed by atoms with Gasteiger partial charge in [-0.15, -0.1) is 0 Å². The van der Waals surface area contributed by atoms with Crippen LogP contribution in [0, 0.1) is 0 Å². The number of phenols is 1. The number of hydrogen-bond donors (Lipinski definition) is 3. The molecule has 0 bridgehead atoms. The van der Waals surface area contributed by atoms with Crippen LogP contribution in [-0.4, -0.2) is 51.7 Å². The smallest absolute Gasteiger partial charge is 0.295 e. The maximum atomic E-state index is 12.7. The first-order chi connectivity index (χ1) is 13.5. The highest BCUT2D eigenvalue weighted by Crippen LogP contribution is 2.41. The van der Waals surface area contributed by atoms with E-state index in [1.54, 1.807) is 43.3 Å². The number of aromatic hydroxyl groups is 1. The molecule has 1 fully saturated rings. The predicted octanol–water partition coefficient (Wildman–Crippen LogP) is 2.20. The number of ether oxygens (including phenoxy) is 1. The first-order valence-electron chi connectivity index (χ1n) is 8.90. The Morgan fingerprint density at radius 1 is 1.14 bits per heavy atom. The van der Waals surface area contributed by atoms with Gasteiger partial charge in [0, 0.05) is 12.1 Å². The third kappa shape index (κ3) is 3.44. The lowest BCUT2D eigenvalue weighted by Crippen LogP contribution is -2.32. The van der Waals surface area contributed by atoms with Crippen molar-refractivity contribution in [2.45, 2.75) is 13.0 Å². The van der Waals surface area contributed by atoms with Crippen molar-refractivity contribution in [3.05, 3.63) is 65.2 Å². The van der Waals surface area contributed by atoms with Crippen molar-refractivity contribution in [1.82, 2.24) is 4.90 Å². The number of β-amino-alcohol motifs (C(OH)–C–C–N with tert-alkyl or cyclic N) is 1. The Bertz CT molecular complexity index is 922. The number of nitrogens with zero attached hydrogens (tertiary/aromatic N) is 1. The molecule has 146 valence electrons. The van der Waals surface area contributed by atoms with E-state index in [1.807, 2.05) is 0 Å². The Hall–Kier alpha value is -3.32. The Balaban J connectivity index is 2.19. The molecule has 1 heterocycles. The summed E-state index contributed by atoms with van der Waals surface area (Å²) in [6, 6.07) is 12.0. The van der Waals surface area contributed by atoms with Crippen LogP contribution in [0.2, 0.25) is 0 Å². The number of carbonyl (C=O) groups excluding carboxylic acids is 2. The van der Waals surface area contributed by atoms with Gasteiger partial charge in [-0.1, -0.05) is 36.4 Å². The second kappa shape index (κ2) is 8.14. The number of rotatable bonds is 6. The van der Waals surface area contributed by atoms with Gasteiger partial charge < -0.3 is 25.0 Å². The molecule has 0 saturated carbocycles. The lowest BCUT2D eigenvalue weighted by molar-refractivity contribution is -0.140. The van der Waals surface area contributed by atoms with E-state index in [2.05, 4.69) is 0 Å². The first-order valence-corrected chi connectivity index (χ1v) is 8.90. The molecule has 2 aromatic rings. The second-order valence-corrected chi connectivity index (χ2v) is 6.24. The van der Waals surface area contributed by atoms with Crippen molar-refractivity contribution < 1.29 is 29.6 Å². The number of likely N-dealkylation sites (tertiary alicyclic amines) is 1. The first kappa shape index (κ1) is 19.4. The fourth-order valence-electron chi connectivity index (χ4n) is 3.29. The van der Waals surface area contributed by atoms with Crippen molar-refractivity contribution in [3.63, 3.8) is 0 Å². The van der Waals surface area contributed by atoms with Crippen LogP contribution in [0.1, 0.15) is 24.1 Å². The normalized spacial score (nSPS) is 18.5. The molecule has 7 heteroatoms. The highest BCUT2D eigenvalue weighted by atomic mass is 16.5. The van der Waals surface area contributed by atoms with Gasteiger partial charge in [0.2, 0.25) is 0 Å². The van der Waals surface area contributed by atoms with E-state index in [-0.39, 0.29) is 36.0 Å². The van der Waals surface area contributed by atoms with E-state index in [0.717, 1.165) is 0 Å². The summed E-state index contributed by atoms with van der Waals surface area (Å²) in [4.78, 5) is 26.4. The summed E-state index contributed by atoms with van der Waals surface area (Å²) in [5.41, 5.74) is 0.808. The molecule has 1 atom stereocenters. The third-order valence-corrected chi connectivity index (χ3v) is 4.53. The Morgan fingerprint density at radius 3 is 2.50 bits per heavy atom. The monoisotopic (exact) mass is 383 g/mol. The van der Waals surface area contributed by atoms with Gasteiger partial charge in [0.1, 0.15) is 5.76 Å². The minimum absolute atomic E-state index is 0.0715. The van der Waals surface area contributed by atoms with Crippen LogP contribution in [0.5, 0.6) is 11.5 Å². The average molecular weight is 383 g/mol. The number of ketones is 1. The van der Waals surface area contributed by atoms with Crippen LogP contribution in [0.15, 0.2) is 54.1 Å². The van der Waals surface area contributed by atoms with Crippen LogP contribution in [-0.2, 0) is 9.59 Å². The second-order valence-electron chi connectivity index (χ2n) is 6.24. The maximum Gasteiger partial charge on any atom is 0.295 e. The van der Waals surface area contributed by atoms with Gasteiger partial charge in [0.25, 0.3) is 11.7 Å². The summed E-state index contributed by atoms with van der Waals surface area (Å²) < 4.78 is 5.40. The number of phenolic OH excluding ortho intramolecular Hbond substituents is 1. The number of amides is 1. The molecule has 1 unspecified atom stereocenters. The molecule has 0 spiro atoms. The lowest BCUT2D eigenvalue weighted by Gasteiger charge is -2.25. The molecule has 1 amide bonds. The van der Waals surface area contributed by atoms with Crippen LogP contribution < -0.4 is 4.74 Å². The van der Waals surface area contributed by atoms with E-state index >= 15 is 0 Å². The molecular weight excluding hydrogens is 362 g/mol. The zero-order chi connectivity index (χ0) is 20.3. The molecule has 1 saturated heterocycles. The number of hydrogen-bond acceptors (Lipinski definition) is 6. The number of Topliss-reactive ketones (excluding diaryl/α,β-unsaturated/α-hetero) is 1. The fraction of sp³-hybridized carbons (Fsp3) is 0.238. The van der Waals surface area contributed by atoms with Crippen molar-refractivity contribution in [3.8, 4) is 11.5 Å². The van der Waals surface area contributed by atoms with Gasteiger partial charge in [0.15, 0.2) is 11.5 Å². The summed E-state index contributed by atoms with van der Waals surface area (Å²) in [7, 11) is 0. The fourth-order valence-corrected chi connectivity index (χ4v) is 3.29. The third-order valence-electron chi connectivity index (χ3n) is 4.53. The van der Waals surface area contributed by atoms with Crippen molar-refractivity contribution in [2.24, 2.45) is 0 Å². The quantitative estimate of drug-likeness (QED) is 0.401. The van der Waals surface area contributed by atoms with Crippen LogP contribution in [0.25, 0.3) is 5.76 Å². The molecule has 3 N–H and O–H groups in total. The van der Waals surface area contributed by atoms with Crippen LogP contribution in [0.3, 0.4) is 0 Å². The summed E-state index contributed by atoms with van der Waals surface area (Å²) >= 11 is 0. The molecule has 0 radical (unpaired) electrons. The van der Waals surface area contributed by atoms with E-state index in [9.17, 15) is 24.9 Å². The molecular formula is C21H21NO6. The number of aliphatic hydroxyl groups excluding tert-OH is 2. The van der Waals surface area contributed by atoms with E-state index in [4.69, 9.17) is 4.74 Å². The summed E-state index contributed by atoms with van der Waals surface area (Å²) in [6.07, 6.45) is 0. The largest absolute Gasteiger partial charge is 0.507 e. The molecule has 7 nitrogen and oxygen atoms in total. The number of carbonyl (C=O) groups is 2. The topological polar surface area (TPSA) is 107 Å². The zero-order valence-electron chi connectivity index (χ0n) is 15.3. The molecule has 0 aliphatic carbocycles. The summed E-state index contributed by atoms with van der Waals surface area (Å²) in [6.45, 7) is 1.66. The van der Waals surface area contributed by atoms with Gasteiger partial charge in [-0.25, -0.2) is 0 Å². The Morgan fingerprint density at radius 2 is 1.86 bits per heavy atom. The molecule has 1 aliphatic heterocycles. The van der Waals surface area contributed by atoms with Crippen LogP contribution in [0.4, 0.5) is 0 Å². The SMILES string of the molecule is CCOc1cc(C2C(=C(O)c3ccccc3)C(=O)C(=O)N2CCO)ccc1O. The van der Waals surface area contributed by atoms with E-state index in [1.165, 1.54) is 17.0 Å². The van der Waals surface area contributed by atoms with Crippen molar-refractivity contribution in [1.29, 1.82) is 0 Å². The van der Waals surface area contributed by atoms with Gasteiger partial charge >= 0.3 is 0 Å². The van der Waals surface area contributed by atoms with Gasteiger partial charge in [0.05, 0.1) is 24.8 Å². The van der Waals surface area contributed by atoms with Crippen LogP contribution >= 0.6 is 0 Å². The average Bonchev–Trinajstić information content (AvgIpc) is 2.95. The predicted molar refractivity (Wildman–Crippen MR) is 102 cm³/mol. The van der Waals surface area contributed by atoms with E-state index < -0.39 is 17.7 Å². The number of benzene rings is 2. The minimum Gasteiger partial charge on any atom is -0.507 e. The van der Waals surface area contributed by atoms with Crippen molar-refractivity contribution in [2.75, 3.05) is 19.8 Å². The molecule has 0 aromatic heterocycles. The molecule has 3 rings (SSSR count). The summed E-state index contributed by atoms with van der Waals surface area (Å²) in [5.74, 6) is -1.80. The highest BCUT2D eigenvalue weighted by Gasteiger charge is 2.46. The lowest BCUT2D eigenvalue weighted by atomic mass is 9.95.